The van der Waals surface area contributed by atoms with Crippen molar-refractivity contribution in [3.8, 4) is 0 Å². The van der Waals surface area contributed by atoms with Crippen LogP contribution in [0.5, 0.6) is 0 Å². The molecule has 2 fully saturated rings. The standard InChI is InChI=1S/C10H19NS/c1-12-9-2-3-10(8-9)4-6-11-7-5-10/h9,11H,2-8H2,1H3. The molecule has 1 heterocycles. The predicted octanol–water partition coefficient (Wildman–Crippen LogP) is 2.27. The highest BCUT2D eigenvalue weighted by molar-refractivity contribution is 7.99. The first kappa shape index (κ1) is 8.89. The summed E-state index contributed by atoms with van der Waals surface area (Å²) in [6.07, 6.45) is 9.61. The van der Waals surface area contributed by atoms with Gasteiger partial charge in [-0.3, -0.25) is 0 Å². The third-order valence-corrected chi connectivity index (χ3v) is 4.72. The van der Waals surface area contributed by atoms with Gasteiger partial charge in [-0.1, -0.05) is 0 Å². The van der Waals surface area contributed by atoms with Gasteiger partial charge in [-0.2, -0.15) is 11.8 Å². The maximum absolute atomic E-state index is 3.46. The van der Waals surface area contributed by atoms with Gasteiger partial charge in [0, 0.05) is 5.25 Å². The minimum absolute atomic E-state index is 0.763. The van der Waals surface area contributed by atoms with Gasteiger partial charge in [0.25, 0.3) is 0 Å². The van der Waals surface area contributed by atoms with E-state index in [9.17, 15) is 0 Å². The molecule has 1 aliphatic carbocycles. The fourth-order valence-electron chi connectivity index (χ4n) is 2.77. The fourth-order valence-corrected chi connectivity index (χ4v) is 3.64. The van der Waals surface area contributed by atoms with Gasteiger partial charge in [0.15, 0.2) is 0 Å². The number of rotatable bonds is 1. The summed E-state index contributed by atoms with van der Waals surface area (Å²) in [5, 5.41) is 4.44. The van der Waals surface area contributed by atoms with Crippen molar-refractivity contribution in [1.82, 2.24) is 5.32 Å². The lowest BCUT2D eigenvalue weighted by Crippen LogP contribution is -2.35. The van der Waals surface area contributed by atoms with Gasteiger partial charge in [0.2, 0.25) is 0 Å². The van der Waals surface area contributed by atoms with Crippen LogP contribution in [0, 0.1) is 5.41 Å². The van der Waals surface area contributed by atoms with Crippen molar-refractivity contribution in [2.24, 2.45) is 5.41 Å². The van der Waals surface area contributed by atoms with E-state index in [0.717, 1.165) is 10.7 Å². The molecule has 1 saturated carbocycles. The lowest BCUT2D eigenvalue weighted by molar-refractivity contribution is 0.211. The first-order valence-corrected chi connectivity index (χ1v) is 6.37. The third kappa shape index (κ3) is 1.64. The molecule has 12 heavy (non-hydrogen) atoms. The summed E-state index contributed by atoms with van der Waals surface area (Å²) in [6, 6.07) is 0. The van der Waals surface area contributed by atoms with Crippen molar-refractivity contribution in [2.45, 2.75) is 37.4 Å². The second-order valence-electron chi connectivity index (χ2n) is 4.35. The summed E-state index contributed by atoms with van der Waals surface area (Å²) < 4.78 is 0. The van der Waals surface area contributed by atoms with Crippen LogP contribution in [0.25, 0.3) is 0 Å². The molecule has 0 radical (unpaired) electrons. The highest BCUT2D eigenvalue weighted by Crippen LogP contribution is 2.48. The number of piperidine rings is 1. The molecule has 1 atom stereocenters. The largest absolute Gasteiger partial charge is 0.317 e. The lowest BCUT2D eigenvalue weighted by Gasteiger charge is -2.33. The van der Waals surface area contributed by atoms with Crippen molar-refractivity contribution in [3.63, 3.8) is 0 Å². The first-order chi connectivity index (χ1) is 5.85. The van der Waals surface area contributed by atoms with Crippen LogP contribution in [0.3, 0.4) is 0 Å². The van der Waals surface area contributed by atoms with E-state index >= 15 is 0 Å². The SMILES string of the molecule is CSC1CCC2(CCNCC2)C1. The molecule has 1 unspecified atom stereocenters. The van der Waals surface area contributed by atoms with E-state index in [2.05, 4.69) is 23.3 Å². The second-order valence-corrected chi connectivity index (χ2v) is 5.49. The quantitative estimate of drug-likeness (QED) is 0.672. The molecule has 1 aliphatic heterocycles. The van der Waals surface area contributed by atoms with Crippen LogP contribution < -0.4 is 5.32 Å². The Morgan fingerprint density at radius 3 is 2.58 bits per heavy atom. The summed E-state index contributed by atoms with van der Waals surface area (Å²) >= 11 is 2.08. The molecular formula is C10H19NS. The van der Waals surface area contributed by atoms with Gasteiger partial charge < -0.3 is 5.32 Å². The first-order valence-electron chi connectivity index (χ1n) is 5.08. The Morgan fingerprint density at radius 1 is 1.25 bits per heavy atom. The van der Waals surface area contributed by atoms with Crippen molar-refractivity contribution >= 4 is 11.8 Å². The van der Waals surface area contributed by atoms with Crippen LogP contribution in [0.1, 0.15) is 32.1 Å². The van der Waals surface area contributed by atoms with E-state index in [4.69, 9.17) is 0 Å². The van der Waals surface area contributed by atoms with E-state index < -0.39 is 0 Å². The van der Waals surface area contributed by atoms with Gasteiger partial charge in [0.05, 0.1) is 0 Å². The zero-order valence-electron chi connectivity index (χ0n) is 7.94. The normalized spacial score (nSPS) is 34.2. The highest BCUT2D eigenvalue weighted by Gasteiger charge is 2.39. The Bertz CT molecular complexity index is 152. The zero-order valence-corrected chi connectivity index (χ0v) is 8.75. The molecule has 2 aliphatic rings. The van der Waals surface area contributed by atoms with Crippen molar-refractivity contribution in [2.75, 3.05) is 19.3 Å². The monoisotopic (exact) mass is 185 g/mol. The van der Waals surface area contributed by atoms with E-state index in [0.29, 0.717) is 0 Å². The molecule has 0 aromatic carbocycles. The van der Waals surface area contributed by atoms with Crippen LogP contribution in [-0.4, -0.2) is 24.6 Å². The molecule has 0 aromatic rings. The average Bonchev–Trinajstić information content (AvgIpc) is 2.50. The summed E-state index contributed by atoms with van der Waals surface area (Å²) in [4.78, 5) is 0. The van der Waals surface area contributed by atoms with Gasteiger partial charge in [-0.15, -0.1) is 0 Å². The Kier molecular flexibility index (Phi) is 2.66. The molecule has 0 bridgehead atoms. The number of hydrogen-bond donors (Lipinski definition) is 1. The summed E-state index contributed by atoms with van der Waals surface area (Å²) in [7, 11) is 0. The summed E-state index contributed by atoms with van der Waals surface area (Å²) in [5.74, 6) is 0. The minimum atomic E-state index is 0.763. The minimum Gasteiger partial charge on any atom is -0.317 e. The molecule has 1 N–H and O–H groups in total. The van der Waals surface area contributed by atoms with Gasteiger partial charge in [0.1, 0.15) is 0 Å². The van der Waals surface area contributed by atoms with Crippen LogP contribution >= 0.6 is 11.8 Å². The van der Waals surface area contributed by atoms with Gasteiger partial charge >= 0.3 is 0 Å². The molecule has 0 amide bonds. The topological polar surface area (TPSA) is 12.0 Å². The van der Waals surface area contributed by atoms with Crippen LogP contribution in [0.2, 0.25) is 0 Å². The molecule has 2 rings (SSSR count). The molecule has 1 saturated heterocycles. The van der Waals surface area contributed by atoms with E-state index in [1.165, 1.54) is 45.2 Å². The smallest absolute Gasteiger partial charge is 0.00497 e. The zero-order chi connectivity index (χ0) is 8.44. The molecule has 1 spiro atoms. The lowest BCUT2D eigenvalue weighted by atomic mass is 9.78. The number of thioether (sulfide) groups is 1. The maximum atomic E-state index is 3.46. The number of nitrogens with one attached hydrogen (secondary N) is 1. The van der Waals surface area contributed by atoms with Crippen LogP contribution in [-0.2, 0) is 0 Å². The fraction of sp³-hybridized carbons (Fsp3) is 1.00. The van der Waals surface area contributed by atoms with Crippen LogP contribution in [0.4, 0.5) is 0 Å². The second kappa shape index (κ2) is 3.59. The van der Waals surface area contributed by atoms with Crippen molar-refractivity contribution in [1.29, 1.82) is 0 Å². The molecule has 1 nitrogen and oxygen atoms in total. The van der Waals surface area contributed by atoms with Gasteiger partial charge in [-0.25, -0.2) is 0 Å². The van der Waals surface area contributed by atoms with Crippen molar-refractivity contribution in [3.05, 3.63) is 0 Å². The van der Waals surface area contributed by atoms with Crippen molar-refractivity contribution < 1.29 is 0 Å². The van der Waals surface area contributed by atoms with Crippen LogP contribution in [0.15, 0.2) is 0 Å². The Balaban J connectivity index is 1.94. The van der Waals surface area contributed by atoms with E-state index in [1.54, 1.807) is 0 Å². The van der Waals surface area contributed by atoms with E-state index in [1.807, 2.05) is 0 Å². The Morgan fingerprint density at radius 2 is 2.00 bits per heavy atom. The van der Waals surface area contributed by atoms with Gasteiger partial charge in [-0.05, 0) is 56.9 Å². The third-order valence-electron chi connectivity index (χ3n) is 3.65. The highest BCUT2D eigenvalue weighted by atomic mass is 32.2. The summed E-state index contributed by atoms with van der Waals surface area (Å²) in [6.45, 7) is 2.53. The molecule has 70 valence electrons. The molecule has 2 heteroatoms. The average molecular weight is 185 g/mol. The Hall–Kier alpha value is 0.310. The predicted molar refractivity (Wildman–Crippen MR) is 55.7 cm³/mol. The summed E-state index contributed by atoms with van der Waals surface area (Å²) in [5.41, 5.74) is 0.763. The number of hydrogen-bond acceptors (Lipinski definition) is 2. The maximum Gasteiger partial charge on any atom is 0.00497 e. The van der Waals surface area contributed by atoms with E-state index in [-0.39, 0.29) is 0 Å². The molecular weight excluding hydrogens is 166 g/mol. The molecule has 0 aromatic heterocycles. The Labute approximate surface area is 79.7 Å².